The van der Waals surface area contributed by atoms with Crippen LogP contribution >= 0.6 is 0 Å². The summed E-state index contributed by atoms with van der Waals surface area (Å²) in [6.45, 7) is 37.0. The van der Waals surface area contributed by atoms with Crippen LogP contribution in [0.25, 0.3) is 0 Å². The fourth-order valence-electron chi connectivity index (χ4n) is 9.13. The molecule has 0 amide bonds. The molecule has 0 aromatic heterocycles. The molecular formula is C54H71N6+. The van der Waals surface area contributed by atoms with E-state index in [2.05, 4.69) is 157 Å². The molecule has 6 aliphatic heterocycles. The Morgan fingerprint density at radius 3 is 1.07 bits per heavy atom. The minimum atomic E-state index is 1.00. The average Bonchev–Trinajstić information content (AvgIpc) is 4.09. The van der Waals surface area contributed by atoms with E-state index in [0.717, 1.165) is 38.6 Å². The van der Waals surface area contributed by atoms with Crippen LogP contribution in [0.1, 0.15) is 146 Å². The lowest BCUT2D eigenvalue weighted by Crippen LogP contribution is -1.98. The van der Waals surface area contributed by atoms with Gasteiger partial charge in [0, 0.05) is 71.8 Å². The zero-order valence-corrected chi connectivity index (χ0v) is 40.3. The van der Waals surface area contributed by atoms with Gasteiger partial charge < -0.3 is 0 Å². The first kappa shape index (κ1) is 46.0. The van der Waals surface area contributed by atoms with Crippen molar-refractivity contribution in [1.82, 2.24) is 0 Å². The van der Waals surface area contributed by atoms with Crippen LogP contribution in [0.5, 0.6) is 0 Å². The number of aliphatic imine (C=N–C) groups is 5. The van der Waals surface area contributed by atoms with Crippen LogP contribution in [0.2, 0.25) is 0 Å². The van der Waals surface area contributed by atoms with Crippen molar-refractivity contribution in [2.75, 3.05) is 7.05 Å². The van der Waals surface area contributed by atoms with Crippen molar-refractivity contribution in [2.45, 2.75) is 156 Å². The molecule has 0 aliphatic carbocycles. The van der Waals surface area contributed by atoms with E-state index in [-0.39, 0.29) is 0 Å². The van der Waals surface area contributed by atoms with Gasteiger partial charge in [-0.1, -0.05) is 52.0 Å². The Morgan fingerprint density at radius 1 is 0.350 bits per heavy atom. The number of rotatable bonds is 0. The molecule has 0 saturated carbocycles. The molecule has 6 aliphatic rings. The predicted molar refractivity (Wildman–Crippen MR) is 264 cm³/mol. The van der Waals surface area contributed by atoms with Gasteiger partial charge in [-0.25, -0.2) is 4.58 Å². The number of benzene rings is 4. The van der Waals surface area contributed by atoms with Crippen molar-refractivity contribution in [2.24, 2.45) is 25.0 Å². The van der Waals surface area contributed by atoms with Crippen LogP contribution < -0.4 is 0 Å². The molecule has 6 heteroatoms. The number of nitrogens with zero attached hydrogens (tertiary/aromatic N) is 6. The van der Waals surface area contributed by atoms with Crippen molar-refractivity contribution in [1.29, 1.82) is 0 Å². The molecule has 0 spiro atoms. The maximum Gasteiger partial charge on any atom is 0.171 e. The second-order valence-electron chi connectivity index (χ2n) is 17.1. The van der Waals surface area contributed by atoms with Gasteiger partial charge in [0.2, 0.25) is 0 Å². The van der Waals surface area contributed by atoms with Gasteiger partial charge in [-0.3, -0.25) is 25.0 Å². The molecule has 0 unspecified atom stereocenters. The maximum absolute atomic E-state index is 4.68. The summed E-state index contributed by atoms with van der Waals surface area (Å²) in [6.07, 6.45) is 7.33. The molecule has 0 N–H and O–H groups in total. The summed E-state index contributed by atoms with van der Waals surface area (Å²) in [5.74, 6) is 0. The largest absolute Gasteiger partial charge is 0.257 e. The fourth-order valence-corrected chi connectivity index (χ4v) is 9.13. The SMILES string of the molecule is CC.CC.CC1=Nc2c(C)c3c(c(C)c2C1)CC(C)=N3.CC1=Nc2c(C)c3c(c(C)c2C1)N=C(C)C3.CC1=Nc2c(C)ccc(C)c2C1.Cc1ccc(C)c2c1C=[N+](C)C2. The third-order valence-electron chi connectivity index (χ3n) is 12.3. The summed E-state index contributed by atoms with van der Waals surface area (Å²) in [6, 6.07) is 8.74. The van der Waals surface area contributed by atoms with E-state index in [4.69, 9.17) is 0 Å². The van der Waals surface area contributed by atoms with Gasteiger partial charge in [0.15, 0.2) is 12.8 Å². The van der Waals surface area contributed by atoms with Gasteiger partial charge in [0.25, 0.3) is 0 Å². The van der Waals surface area contributed by atoms with E-state index in [9.17, 15) is 0 Å². The van der Waals surface area contributed by atoms with Gasteiger partial charge >= 0.3 is 0 Å². The third-order valence-corrected chi connectivity index (χ3v) is 12.3. The first-order valence-corrected chi connectivity index (χ1v) is 22.3. The lowest BCUT2D eigenvalue weighted by molar-refractivity contribution is -0.504. The van der Waals surface area contributed by atoms with Crippen molar-refractivity contribution in [3.8, 4) is 0 Å². The van der Waals surface area contributed by atoms with Crippen LogP contribution in [0.3, 0.4) is 0 Å². The Morgan fingerprint density at radius 2 is 0.667 bits per heavy atom. The first-order valence-electron chi connectivity index (χ1n) is 22.3. The van der Waals surface area contributed by atoms with Crippen molar-refractivity contribution in [3.63, 3.8) is 0 Å². The molecule has 6 nitrogen and oxygen atoms in total. The fraction of sp³-hybridized carbons (Fsp3) is 0.444. The number of hydrogen-bond donors (Lipinski definition) is 0. The second kappa shape index (κ2) is 19.1. The van der Waals surface area contributed by atoms with Crippen LogP contribution in [0, 0.1) is 55.4 Å². The molecule has 0 fully saturated rings. The first-order chi connectivity index (χ1) is 28.5. The molecule has 6 heterocycles. The van der Waals surface area contributed by atoms with E-state index in [1.165, 1.54) is 140 Å². The lowest BCUT2D eigenvalue weighted by atomic mass is 9.93. The second-order valence-corrected chi connectivity index (χ2v) is 17.1. The third kappa shape index (κ3) is 9.13. The molecule has 0 saturated heterocycles. The Hall–Kier alpha value is -5.10. The predicted octanol–water partition coefficient (Wildman–Crippen LogP) is 14.1. The van der Waals surface area contributed by atoms with E-state index in [1.807, 2.05) is 27.7 Å². The Balaban J connectivity index is 0.000000149. The van der Waals surface area contributed by atoms with E-state index in [1.54, 1.807) is 0 Å². The van der Waals surface area contributed by atoms with E-state index >= 15 is 0 Å². The number of aryl methyl sites for hydroxylation is 4. The van der Waals surface area contributed by atoms with E-state index in [0.29, 0.717) is 0 Å². The van der Waals surface area contributed by atoms with Gasteiger partial charge in [-0.15, -0.1) is 0 Å². The molecule has 316 valence electrons. The molecule has 0 atom stereocenters. The molecule has 60 heavy (non-hydrogen) atoms. The smallest absolute Gasteiger partial charge is 0.171 e. The van der Waals surface area contributed by atoms with Crippen LogP contribution in [-0.2, 0) is 38.6 Å². The molecular weight excluding hydrogens is 733 g/mol. The van der Waals surface area contributed by atoms with Crippen LogP contribution in [-0.4, -0.2) is 46.4 Å². The summed E-state index contributed by atoms with van der Waals surface area (Å²) < 4.78 is 2.24. The summed E-state index contributed by atoms with van der Waals surface area (Å²) in [5.41, 5.74) is 33.0. The van der Waals surface area contributed by atoms with Crippen molar-refractivity contribution >= 4 is 63.2 Å². The van der Waals surface area contributed by atoms with E-state index < -0.39 is 0 Å². The number of fused-ring (bicyclic) bond motifs is 6. The molecule has 10 rings (SSSR count). The number of hydrogen-bond acceptors (Lipinski definition) is 5. The van der Waals surface area contributed by atoms with Gasteiger partial charge in [-0.05, 0) is 157 Å². The highest BCUT2D eigenvalue weighted by Gasteiger charge is 2.27. The minimum Gasteiger partial charge on any atom is -0.257 e. The van der Waals surface area contributed by atoms with Gasteiger partial charge in [-0.2, -0.15) is 0 Å². The molecule has 4 aromatic carbocycles. The minimum absolute atomic E-state index is 1.00. The summed E-state index contributed by atoms with van der Waals surface area (Å²) in [5, 5.41) is 0. The average molecular weight is 804 g/mol. The van der Waals surface area contributed by atoms with Crippen LogP contribution in [0.15, 0.2) is 49.2 Å². The molecule has 0 bridgehead atoms. The summed E-state index contributed by atoms with van der Waals surface area (Å²) in [4.78, 5) is 23.2. The lowest BCUT2D eigenvalue weighted by Gasteiger charge is -2.12. The summed E-state index contributed by atoms with van der Waals surface area (Å²) >= 11 is 0. The zero-order valence-electron chi connectivity index (χ0n) is 40.3. The van der Waals surface area contributed by atoms with Gasteiger partial charge in [0.05, 0.1) is 34.0 Å². The Bertz CT molecular complexity index is 2380. The quantitative estimate of drug-likeness (QED) is 0.159. The standard InChI is InChI=1S/2C14H16N2.C11H14N.C11H13N.2C2H6/c1-7-5-11-9(3)14-12(6-8(2)16-14)10(4)13(11)15-7;1-7-5-11-9(3)12-6-8(2)16-14(12)10(4)13(11)15-7;1-8-4-5-9(2)11-7-12(3)6-10(8)11;1-7-4-5-8(2)11-10(7)6-9(3)12-11;2*1-2/h2*5-6H2,1-4H3;4-6H,7H2,1-3H3;4-5H,6H2,1-3H3;2*1-2H3/q;;+1;;;. The van der Waals surface area contributed by atoms with Crippen LogP contribution in [0.4, 0.5) is 28.4 Å². The highest BCUT2D eigenvalue weighted by atomic mass is 15.0. The monoisotopic (exact) mass is 804 g/mol. The summed E-state index contributed by atoms with van der Waals surface area (Å²) in [7, 11) is 2.12. The van der Waals surface area contributed by atoms with Gasteiger partial charge in [0.1, 0.15) is 7.05 Å². The topological polar surface area (TPSA) is 64.8 Å². The highest BCUT2D eigenvalue weighted by Crippen LogP contribution is 2.45. The maximum atomic E-state index is 4.68. The Labute approximate surface area is 362 Å². The van der Waals surface area contributed by atoms with Crippen molar-refractivity contribution < 1.29 is 4.58 Å². The highest BCUT2D eigenvalue weighted by molar-refractivity contribution is 6.00. The zero-order chi connectivity index (χ0) is 44.3. The normalized spacial score (nSPS) is 15.0. The molecule has 0 radical (unpaired) electrons. The molecule has 4 aromatic rings. The van der Waals surface area contributed by atoms with Crippen molar-refractivity contribution in [3.05, 3.63) is 108 Å². The Kier molecular flexibility index (Phi) is 14.6.